The molecule has 1 aliphatic rings. The van der Waals surface area contributed by atoms with Gasteiger partial charge in [0.25, 0.3) is 0 Å². The van der Waals surface area contributed by atoms with E-state index < -0.39 is 7.37 Å². The summed E-state index contributed by atoms with van der Waals surface area (Å²) < 4.78 is 23.2. The summed E-state index contributed by atoms with van der Waals surface area (Å²) in [7, 11) is -1.58. The number of hydrogen-bond acceptors (Lipinski definition) is 8. The Bertz CT molecular complexity index is 691. The van der Waals surface area contributed by atoms with Gasteiger partial charge in [-0.15, -0.1) is 0 Å². The Hall–Kier alpha value is -1.31. The first-order chi connectivity index (χ1) is 13.9. The van der Waals surface area contributed by atoms with Gasteiger partial charge < -0.3 is 19.9 Å². The average Bonchev–Trinajstić information content (AvgIpc) is 2.81. The van der Waals surface area contributed by atoms with Crippen molar-refractivity contribution in [2.75, 3.05) is 59.7 Å². The van der Waals surface area contributed by atoms with Gasteiger partial charge in [0.2, 0.25) is 7.37 Å². The summed E-state index contributed by atoms with van der Waals surface area (Å²) in [6.07, 6.45) is 1.74. The van der Waals surface area contributed by atoms with Crippen LogP contribution in [0.1, 0.15) is 31.0 Å². The Morgan fingerprint density at radius 3 is 2.52 bits per heavy atom. The van der Waals surface area contributed by atoms with E-state index in [1.54, 1.807) is 6.66 Å². The van der Waals surface area contributed by atoms with Crippen LogP contribution in [0.2, 0.25) is 0 Å². The van der Waals surface area contributed by atoms with Crippen molar-refractivity contribution in [1.82, 2.24) is 20.5 Å². The molecule has 2 heterocycles. The average molecular weight is 426 g/mol. The number of esters is 1. The van der Waals surface area contributed by atoms with Crippen LogP contribution in [0, 0.1) is 0 Å². The molecule has 164 valence electrons. The van der Waals surface area contributed by atoms with E-state index in [-0.39, 0.29) is 5.97 Å². The van der Waals surface area contributed by atoms with E-state index in [2.05, 4.69) is 21.6 Å². The van der Waals surface area contributed by atoms with Gasteiger partial charge in [-0.05, 0) is 37.5 Å². The van der Waals surface area contributed by atoms with E-state index in [9.17, 15) is 9.36 Å². The van der Waals surface area contributed by atoms with E-state index in [0.29, 0.717) is 37.8 Å². The summed E-state index contributed by atoms with van der Waals surface area (Å²) >= 11 is 0. The lowest BCUT2D eigenvalue weighted by molar-refractivity contribution is -0.140. The highest BCUT2D eigenvalue weighted by atomic mass is 31.2. The van der Waals surface area contributed by atoms with E-state index >= 15 is 0 Å². The SMILES string of the molecule is CCOP(C)(=O)c1cc(CCCC(=O)OC)cc(CN2CCNCCNCC2)n1. The molecule has 1 unspecified atom stereocenters. The highest BCUT2D eigenvalue weighted by Crippen LogP contribution is 2.40. The third kappa shape index (κ3) is 8.52. The summed E-state index contributed by atoms with van der Waals surface area (Å²) in [6.45, 7) is 10.2. The monoisotopic (exact) mass is 426 g/mol. The van der Waals surface area contributed by atoms with Crippen molar-refractivity contribution >= 4 is 18.8 Å². The van der Waals surface area contributed by atoms with Crippen LogP contribution in [-0.2, 0) is 31.6 Å². The van der Waals surface area contributed by atoms with E-state index in [1.165, 1.54) is 7.11 Å². The zero-order valence-corrected chi connectivity index (χ0v) is 18.8. The van der Waals surface area contributed by atoms with Gasteiger partial charge >= 0.3 is 5.97 Å². The number of methoxy groups -OCH3 is 1. The quantitative estimate of drug-likeness (QED) is 0.449. The van der Waals surface area contributed by atoms with Gasteiger partial charge in [0, 0.05) is 58.9 Å². The first-order valence-corrected chi connectivity index (χ1v) is 12.4. The van der Waals surface area contributed by atoms with Crippen LogP contribution in [0.15, 0.2) is 12.1 Å². The number of pyridine rings is 1. The molecule has 0 amide bonds. The second kappa shape index (κ2) is 12.4. The molecule has 1 atom stereocenters. The molecule has 2 rings (SSSR count). The van der Waals surface area contributed by atoms with E-state index in [0.717, 1.165) is 50.5 Å². The molecule has 8 nitrogen and oxygen atoms in total. The molecule has 0 aromatic carbocycles. The van der Waals surface area contributed by atoms with Crippen LogP contribution in [0.25, 0.3) is 0 Å². The highest BCUT2D eigenvalue weighted by Gasteiger charge is 2.22. The summed E-state index contributed by atoms with van der Waals surface area (Å²) in [5.41, 5.74) is 2.42. The molecule has 1 aromatic heterocycles. The normalized spacial score (nSPS) is 18.3. The maximum absolute atomic E-state index is 13.0. The molecule has 1 saturated heterocycles. The molecule has 0 saturated carbocycles. The zero-order valence-electron chi connectivity index (χ0n) is 17.9. The molecule has 0 radical (unpaired) electrons. The second-order valence-electron chi connectivity index (χ2n) is 7.29. The number of nitrogens with one attached hydrogen (secondary N) is 2. The Morgan fingerprint density at radius 2 is 1.90 bits per heavy atom. The fourth-order valence-corrected chi connectivity index (χ4v) is 4.65. The summed E-state index contributed by atoms with van der Waals surface area (Å²) in [4.78, 5) is 18.5. The van der Waals surface area contributed by atoms with Crippen LogP contribution >= 0.6 is 7.37 Å². The van der Waals surface area contributed by atoms with Gasteiger partial charge in [0.05, 0.1) is 19.4 Å². The van der Waals surface area contributed by atoms with Crippen LogP contribution in [0.4, 0.5) is 0 Å². The van der Waals surface area contributed by atoms with Gasteiger partial charge in [-0.25, -0.2) is 4.98 Å². The number of rotatable bonds is 9. The van der Waals surface area contributed by atoms with E-state index in [4.69, 9.17) is 14.2 Å². The lowest BCUT2D eigenvalue weighted by Gasteiger charge is -2.22. The third-order valence-corrected chi connectivity index (χ3v) is 6.68. The molecule has 2 N–H and O–H groups in total. The molecular formula is C20H35N4O4P. The zero-order chi connectivity index (χ0) is 21.1. The van der Waals surface area contributed by atoms with Crippen molar-refractivity contribution in [3.63, 3.8) is 0 Å². The molecule has 9 heteroatoms. The van der Waals surface area contributed by atoms with Gasteiger partial charge in [-0.3, -0.25) is 14.3 Å². The maximum Gasteiger partial charge on any atom is 0.305 e. The van der Waals surface area contributed by atoms with Crippen molar-refractivity contribution in [3.8, 4) is 0 Å². The third-order valence-electron chi connectivity index (χ3n) is 4.86. The summed E-state index contributed by atoms with van der Waals surface area (Å²) in [5.74, 6) is -0.216. The van der Waals surface area contributed by atoms with Crippen molar-refractivity contribution < 1.29 is 18.6 Å². The molecule has 0 spiro atoms. The van der Waals surface area contributed by atoms with Gasteiger partial charge in [0.15, 0.2) is 0 Å². The van der Waals surface area contributed by atoms with Crippen LogP contribution < -0.4 is 16.1 Å². The van der Waals surface area contributed by atoms with Crippen LogP contribution in [0.5, 0.6) is 0 Å². The van der Waals surface area contributed by atoms with Gasteiger partial charge in [0.1, 0.15) is 5.44 Å². The van der Waals surface area contributed by atoms with Crippen LogP contribution in [-0.4, -0.2) is 75.5 Å². The highest BCUT2D eigenvalue weighted by molar-refractivity contribution is 7.65. The van der Waals surface area contributed by atoms with E-state index in [1.807, 2.05) is 13.0 Å². The topological polar surface area (TPSA) is 92.8 Å². The molecule has 29 heavy (non-hydrogen) atoms. The molecule has 1 aliphatic heterocycles. The van der Waals surface area contributed by atoms with Crippen molar-refractivity contribution in [2.45, 2.75) is 32.7 Å². The first-order valence-electron chi connectivity index (χ1n) is 10.4. The van der Waals surface area contributed by atoms with Crippen molar-refractivity contribution in [1.29, 1.82) is 0 Å². The number of ether oxygens (including phenoxy) is 1. The predicted octanol–water partition coefficient (Wildman–Crippen LogP) is 1.14. The largest absolute Gasteiger partial charge is 0.469 e. The maximum atomic E-state index is 13.0. The Labute approximate surface area is 174 Å². The molecule has 1 aromatic rings. The molecular weight excluding hydrogens is 391 g/mol. The predicted molar refractivity (Wildman–Crippen MR) is 115 cm³/mol. The number of nitrogens with zero attached hydrogens (tertiary/aromatic N) is 2. The fourth-order valence-electron chi connectivity index (χ4n) is 3.32. The fraction of sp³-hybridized carbons (Fsp3) is 0.700. The summed E-state index contributed by atoms with van der Waals surface area (Å²) in [6, 6.07) is 3.92. The molecule has 1 fully saturated rings. The van der Waals surface area contributed by atoms with Crippen LogP contribution in [0.3, 0.4) is 0 Å². The smallest absolute Gasteiger partial charge is 0.305 e. The van der Waals surface area contributed by atoms with Crippen molar-refractivity contribution in [2.24, 2.45) is 0 Å². The number of carbonyl (C=O) groups is 1. The lowest BCUT2D eigenvalue weighted by Crippen LogP contribution is -2.34. The minimum absolute atomic E-state index is 0.216. The summed E-state index contributed by atoms with van der Waals surface area (Å²) in [5, 5.41) is 6.84. The Kier molecular flexibility index (Phi) is 10.2. The van der Waals surface area contributed by atoms with Gasteiger partial charge in [-0.2, -0.15) is 0 Å². The minimum Gasteiger partial charge on any atom is -0.469 e. The second-order valence-corrected chi connectivity index (χ2v) is 9.70. The molecule has 0 bridgehead atoms. The number of hydrogen-bond donors (Lipinski definition) is 2. The van der Waals surface area contributed by atoms with Gasteiger partial charge in [-0.1, -0.05) is 0 Å². The first kappa shape index (κ1) is 24.0. The Balaban J connectivity index is 2.18. The number of carbonyl (C=O) groups excluding carboxylic acids is 1. The van der Waals surface area contributed by atoms with Crippen molar-refractivity contribution in [3.05, 3.63) is 23.4 Å². The Morgan fingerprint density at radius 1 is 1.21 bits per heavy atom. The lowest BCUT2D eigenvalue weighted by atomic mass is 10.1. The number of aryl methyl sites for hydroxylation is 1. The number of aromatic nitrogens is 1. The standard InChI is InChI=1S/C20H35N4O4P/c1-4-28-29(3,26)19-15-17(6-5-7-20(25)27-2)14-18(23-19)16-24-12-10-21-8-9-22-11-13-24/h14-15,21-22H,4-13,16H2,1-3H3. The minimum atomic E-state index is -2.98. The molecule has 0 aliphatic carbocycles.